The van der Waals surface area contributed by atoms with Gasteiger partial charge in [-0.25, -0.2) is 10.8 Å². The first-order valence-corrected chi connectivity index (χ1v) is 4.30. The summed E-state index contributed by atoms with van der Waals surface area (Å²) in [7, 11) is 0. The lowest BCUT2D eigenvalue weighted by Gasteiger charge is -2.15. The number of hydrazine groups is 1. The van der Waals surface area contributed by atoms with Gasteiger partial charge in [-0.1, -0.05) is 11.6 Å². The van der Waals surface area contributed by atoms with Gasteiger partial charge in [0, 0.05) is 12.2 Å². The lowest BCUT2D eigenvalue weighted by atomic mass is 10.4. The van der Waals surface area contributed by atoms with E-state index in [1.165, 1.54) is 12.8 Å². The topological polar surface area (TPSA) is 42.1 Å². The Kier molecular flexibility index (Phi) is 1.90. The summed E-state index contributed by atoms with van der Waals surface area (Å²) in [5.74, 6) is 6.57. The minimum absolute atomic E-state index is 0.485. The summed E-state index contributed by atoms with van der Waals surface area (Å²) in [4.78, 5) is 4.11. The molecule has 2 rings (SSSR count). The van der Waals surface area contributed by atoms with Crippen molar-refractivity contribution in [2.45, 2.75) is 18.9 Å². The van der Waals surface area contributed by atoms with Crippen LogP contribution in [0.1, 0.15) is 12.8 Å². The number of pyridine rings is 1. The number of aromatic nitrogens is 1. The standard InChI is InChI=1S/C8H10ClN3/c9-6-1-4-8(11-5-6)12(10)7-2-3-7/h1,4-5,7H,2-3,10H2. The third-order valence-electron chi connectivity index (χ3n) is 1.92. The molecule has 4 heteroatoms. The molecule has 0 bridgehead atoms. The van der Waals surface area contributed by atoms with Gasteiger partial charge in [-0.2, -0.15) is 0 Å². The first-order valence-electron chi connectivity index (χ1n) is 3.93. The molecular weight excluding hydrogens is 174 g/mol. The van der Waals surface area contributed by atoms with Crippen molar-refractivity contribution in [1.29, 1.82) is 0 Å². The Bertz CT molecular complexity index is 268. The first-order chi connectivity index (χ1) is 5.77. The van der Waals surface area contributed by atoms with Crippen LogP contribution in [0.4, 0.5) is 5.82 Å². The van der Waals surface area contributed by atoms with Gasteiger partial charge in [-0.15, -0.1) is 0 Å². The van der Waals surface area contributed by atoms with E-state index in [1.54, 1.807) is 17.3 Å². The van der Waals surface area contributed by atoms with Crippen LogP contribution in [0, 0.1) is 0 Å². The van der Waals surface area contributed by atoms with Crippen LogP contribution in [0.25, 0.3) is 0 Å². The third-order valence-corrected chi connectivity index (χ3v) is 2.14. The number of anilines is 1. The summed E-state index contributed by atoms with van der Waals surface area (Å²) in [6.45, 7) is 0. The van der Waals surface area contributed by atoms with E-state index in [1.807, 2.05) is 6.07 Å². The van der Waals surface area contributed by atoms with E-state index in [4.69, 9.17) is 17.4 Å². The molecule has 64 valence electrons. The Morgan fingerprint density at radius 1 is 1.50 bits per heavy atom. The second-order valence-corrected chi connectivity index (χ2v) is 3.41. The van der Waals surface area contributed by atoms with E-state index >= 15 is 0 Å². The van der Waals surface area contributed by atoms with Crippen LogP contribution in [-0.4, -0.2) is 11.0 Å². The predicted octanol–water partition coefficient (Wildman–Crippen LogP) is 1.58. The summed E-state index contributed by atoms with van der Waals surface area (Å²) >= 11 is 5.69. The van der Waals surface area contributed by atoms with Gasteiger partial charge in [-0.05, 0) is 25.0 Å². The summed E-state index contributed by atoms with van der Waals surface area (Å²) in [5, 5.41) is 2.35. The molecule has 0 saturated heterocycles. The van der Waals surface area contributed by atoms with Crippen molar-refractivity contribution in [2.24, 2.45) is 5.84 Å². The average Bonchev–Trinajstić information content (AvgIpc) is 2.87. The van der Waals surface area contributed by atoms with E-state index < -0.39 is 0 Å². The maximum atomic E-state index is 5.78. The summed E-state index contributed by atoms with van der Waals surface area (Å²) in [5.41, 5.74) is 0. The predicted molar refractivity (Wildman–Crippen MR) is 48.9 cm³/mol. The third kappa shape index (κ3) is 1.52. The van der Waals surface area contributed by atoms with E-state index in [-0.39, 0.29) is 0 Å². The maximum absolute atomic E-state index is 5.78. The fraction of sp³-hybridized carbons (Fsp3) is 0.375. The van der Waals surface area contributed by atoms with Crippen LogP contribution in [0.2, 0.25) is 5.02 Å². The number of rotatable bonds is 2. The number of hydrogen-bond acceptors (Lipinski definition) is 3. The Morgan fingerprint density at radius 3 is 2.75 bits per heavy atom. The molecule has 1 saturated carbocycles. The molecule has 0 spiro atoms. The van der Waals surface area contributed by atoms with Gasteiger partial charge in [0.25, 0.3) is 0 Å². The van der Waals surface area contributed by atoms with Crippen LogP contribution >= 0.6 is 11.6 Å². The SMILES string of the molecule is NN(c1ccc(Cl)cn1)C1CC1. The van der Waals surface area contributed by atoms with Gasteiger partial charge in [0.2, 0.25) is 0 Å². The molecule has 1 fully saturated rings. The quantitative estimate of drug-likeness (QED) is 0.559. The highest BCUT2D eigenvalue weighted by Gasteiger charge is 2.27. The smallest absolute Gasteiger partial charge is 0.142 e. The van der Waals surface area contributed by atoms with Crippen LogP contribution < -0.4 is 10.9 Å². The van der Waals surface area contributed by atoms with Crippen LogP contribution in [0.5, 0.6) is 0 Å². The van der Waals surface area contributed by atoms with Crippen molar-refractivity contribution >= 4 is 17.4 Å². The average molecular weight is 184 g/mol. The summed E-state index contributed by atoms with van der Waals surface area (Å²) < 4.78 is 0. The van der Waals surface area contributed by atoms with Crippen LogP contribution in [0.3, 0.4) is 0 Å². The molecule has 1 aromatic heterocycles. The minimum Gasteiger partial charge on any atom is -0.292 e. The Hall–Kier alpha value is -0.800. The van der Waals surface area contributed by atoms with Gasteiger partial charge in [-0.3, -0.25) is 5.01 Å². The van der Waals surface area contributed by atoms with Gasteiger partial charge in [0.1, 0.15) is 5.82 Å². The molecule has 2 N–H and O–H groups in total. The number of nitrogens with two attached hydrogens (primary N) is 1. The van der Waals surface area contributed by atoms with Gasteiger partial charge in [0.05, 0.1) is 5.02 Å². The van der Waals surface area contributed by atoms with Crippen molar-refractivity contribution in [3.05, 3.63) is 23.4 Å². The van der Waals surface area contributed by atoms with E-state index in [0.29, 0.717) is 11.1 Å². The van der Waals surface area contributed by atoms with E-state index in [9.17, 15) is 0 Å². The van der Waals surface area contributed by atoms with Crippen molar-refractivity contribution < 1.29 is 0 Å². The van der Waals surface area contributed by atoms with Gasteiger partial charge in [0.15, 0.2) is 0 Å². The van der Waals surface area contributed by atoms with E-state index in [2.05, 4.69) is 4.98 Å². The zero-order valence-corrected chi connectivity index (χ0v) is 7.33. The van der Waals surface area contributed by atoms with Crippen LogP contribution in [0.15, 0.2) is 18.3 Å². The first kappa shape index (κ1) is 7.83. The highest BCUT2D eigenvalue weighted by molar-refractivity contribution is 6.30. The second-order valence-electron chi connectivity index (χ2n) is 2.97. The van der Waals surface area contributed by atoms with Crippen LogP contribution in [-0.2, 0) is 0 Å². The van der Waals surface area contributed by atoms with Crippen molar-refractivity contribution in [2.75, 3.05) is 5.01 Å². The highest BCUT2D eigenvalue weighted by atomic mass is 35.5. The maximum Gasteiger partial charge on any atom is 0.142 e. The van der Waals surface area contributed by atoms with Gasteiger partial charge >= 0.3 is 0 Å². The Balaban J connectivity index is 2.16. The molecule has 1 aromatic rings. The highest BCUT2D eigenvalue weighted by Crippen LogP contribution is 2.27. The number of nitrogens with zero attached hydrogens (tertiary/aromatic N) is 2. The summed E-state index contributed by atoms with van der Waals surface area (Å²) in [6, 6.07) is 4.12. The van der Waals surface area contributed by atoms with E-state index in [0.717, 1.165) is 5.82 Å². The fourth-order valence-electron chi connectivity index (χ4n) is 1.06. The van der Waals surface area contributed by atoms with Crippen molar-refractivity contribution in [3.8, 4) is 0 Å². The lowest BCUT2D eigenvalue weighted by molar-refractivity contribution is 0.826. The molecule has 1 heterocycles. The number of halogens is 1. The zero-order chi connectivity index (χ0) is 8.55. The monoisotopic (exact) mass is 183 g/mol. The normalized spacial score (nSPS) is 16.2. The lowest BCUT2D eigenvalue weighted by Crippen LogP contribution is -2.33. The molecule has 0 amide bonds. The molecule has 0 unspecified atom stereocenters. The molecule has 1 aliphatic carbocycles. The summed E-state index contributed by atoms with van der Waals surface area (Å²) in [6.07, 6.45) is 3.95. The molecular formula is C8H10ClN3. The van der Waals surface area contributed by atoms with Crippen molar-refractivity contribution in [3.63, 3.8) is 0 Å². The molecule has 0 aromatic carbocycles. The Labute approximate surface area is 76.1 Å². The second kappa shape index (κ2) is 2.92. The molecule has 0 aliphatic heterocycles. The number of hydrogen-bond donors (Lipinski definition) is 1. The van der Waals surface area contributed by atoms with Crippen molar-refractivity contribution in [1.82, 2.24) is 4.98 Å². The molecule has 1 aliphatic rings. The van der Waals surface area contributed by atoms with Gasteiger partial charge < -0.3 is 0 Å². The molecule has 3 nitrogen and oxygen atoms in total. The molecule has 0 radical (unpaired) electrons. The Morgan fingerprint density at radius 2 is 2.25 bits per heavy atom. The zero-order valence-electron chi connectivity index (χ0n) is 6.57. The molecule has 12 heavy (non-hydrogen) atoms. The molecule has 0 atom stereocenters. The minimum atomic E-state index is 0.485. The fourth-order valence-corrected chi connectivity index (χ4v) is 1.17. The largest absolute Gasteiger partial charge is 0.292 e.